The Labute approximate surface area is 117 Å². The highest BCUT2D eigenvalue weighted by Gasteiger charge is 2.15. The van der Waals surface area contributed by atoms with E-state index in [9.17, 15) is 0 Å². The first-order valence-electron chi connectivity index (χ1n) is 7.26. The first-order chi connectivity index (χ1) is 9.33. The van der Waals surface area contributed by atoms with E-state index in [1.165, 1.54) is 37.7 Å². The summed E-state index contributed by atoms with van der Waals surface area (Å²) in [6, 6.07) is 8.56. The minimum Gasteiger partial charge on any atom is -0.497 e. The molecule has 1 aromatic rings. The van der Waals surface area contributed by atoms with Gasteiger partial charge in [0.1, 0.15) is 5.75 Å². The topological polar surface area (TPSA) is 9.23 Å². The van der Waals surface area contributed by atoms with Crippen LogP contribution in [0.15, 0.2) is 48.1 Å². The van der Waals surface area contributed by atoms with Gasteiger partial charge in [-0.3, -0.25) is 0 Å². The maximum absolute atomic E-state index is 5.21. The Morgan fingerprint density at radius 1 is 1.26 bits per heavy atom. The van der Waals surface area contributed by atoms with Crippen molar-refractivity contribution in [1.29, 1.82) is 0 Å². The minimum absolute atomic E-state index is 0.691. The third-order valence-corrected chi connectivity index (χ3v) is 3.96. The second-order valence-electron chi connectivity index (χ2n) is 5.21. The molecule has 0 heterocycles. The highest BCUT2D eigenvalue weighted by Crippen LogP contribution is 2.34. The molecule has 1 heteroatoms. The molecule has 1 aliphatic carbocycles. The lowest BCUT2D eigenvalue weighted by atomic mass is 9.83. The number of rotatable bonds is 5. The SMILES string of the molecule is C/C=C/CCC1=CCC(c2ccc(OC)cc2)CC1. The van der Waals surface area contributed by atoms with Crippen LogP contribution in [0.25, 0.3) is 0 Å². The van der Waals surface area contributed by atoms with Gasteiger partial charge in [-0.25, -0.2) is 0 Å². The largest absolute Gasteiger partial charge is 0.497 e. The second-order valence-corrected chi connectivity index (χ2v) is 5.21. The van der Waals surface area contributed by atoms with Crippen LogP contribution >= 0.6 is 0 Å². The summed E-state index contributed by atoms with van der Waals surface area (Å²) < 4.78 is 5.21. The van der Waals surface area contributed by atoms with Crippen LogP contribution in [-0.2, 0) is 0 Å². The molecule has 0 spiro atoms. The maximum atomic E-state index is 5.21. The Morgan fingerprint density at radius 2 is 2.05 bits per heavy atom. The molecule has 0 fully saturated rings. The maximum Gasteiger partial charge on any atom is 0.118 e. The van der Waals surface area contributed by atoms with Crippen molar-refractivity contribution in [3.63, 3.8) is 0 Å². The molecular weight excluding hydrogens is 232 g/mol. The molecule has 0 N–H and O–H groups in total. The van der Waals surface area contributed by atoms with Gasteiger partial charge in [-0.15, -0.1) is 0 Å². The molecule has 1 aromatic carbocycles. The number of hydrogen-bond acceptors (Lipinski definition) is 1. The summed E-state index contributed by atoms with van der Waals surface area (Å²) in [6.45, 7) is 2.09. The number of hydrogen-bond donors (Lipinski definition) is 0. The molecular formula is C18H24O. The lowest BCUT2D eigenvalue weighted by Crippen LogP contribution is -2.04. The van der Waals surface area contributed by atoms with Crippen molar-refractivity contribution in [3.8, 4) is 5.75 Å². The molecule has 0 amide bonds. The van der Waals surface area contributed by atoms with Crippen LogP contribution in [0, 0.1) is 0 Å². The van der Waals surface area contributed by atoms with Gasteiger partial charge in [0.25, 0.3) is 0 Å². The first-order valence-corrected chi connectivity index (χ1v) is 7.26. The highest BCUT2D eigenvalue weighted by atomic mass is 16.5. The molecule has 1 aliphatic rings. The van der Waals surface area contributed by atoms with E-state index in [4.69, 9.17) is 4.74 Å². The zero-order valence-corrected chi connectivity index (χ0v) is 12.1. The molecule has 0 saturated heterocycles. The molecule has 0 radical (unpaired) electrons. The molecule has 0 bridgehead atoms. The Morgan fingerprint density at radius 3 is 2.63 bits per heavy atom. The van der Waals surface area contributed by atoms with Crippen LogP contribution in [0.2, 0.25) is 0 Å². The van der Waals surface area contributed by atoms with E-state index in [-0.39, 0.29) is 0 Å². The van der Waals surface area contributed by atoms with Gasteiger partial charge in [-0.1, -0.05) is 35.9 Å². The molecule has 2 rings (SSSR count). The predicted octanol–water partition coefficient (Wildman–Crippen LogP) is 5.25. The average Bonchev–Trinajstić information content (AvgIpc) is 2.48. The van der Waals surface area contributed by atoms with Crippen molar-refractivity contribution in [2.24, 2.45) is 0 Å². The van der Waals surface area contributed by atoms with Crippen LogP contribution < -0.4 is 4.74 Å². The van der Waals surface area contributed by atoms with Crippen molar-refractivity contribution in [2.45, 2.75) is 44.9 Å². The van der Waals surface area contributed by atoms with E-state index < -0.39 is 0 Å². The number of methoxy groups -OCH3 is 1. The predicted molar refractivity (Wildman–Crippen MR) is 81.7 cm³/mol. The highest BCUT2D eigenvalue weighted by molar-refractivity contribution is 5.30. The van der Waals surface area contributed by atoms with Crippen LogP contribution in [0.3, 0.4) is 0 Å². The molecule has 0 aromatic heterocycles. The molecule has 0 aliphatic heterocycles. The molecule has 19 heavy (non-hydrogen) atoms. The summed E-state index contributed by atoms with van der Waals surface area (Å²) in [7, 11) is 1.72. The normalized spacial score (nSPS) is 19.5. The van der Waals surface area contributed by atoms with Crippen LogP contribution in [0.1, 0.15) is 50.5 Å². The summed E-state index contributed by atoms with van der Waals surface area (Å²) in [5, 5.41) is 0. The van der Waals surface area contributed by atoms with Gasteiger partial charge in [0.2, 0.25) is 0 Å². The van der Waals surface area contributed by atoms with Gasteiger partial charge in [0.05, 0.1) is 7.11 Å². The van der Waals surface area contributed by atoms with Gasteiger partial charge in [-0.2, -0.15) is 0 Å². The average molecular weight is 256 g/mol. The van der Waals surface area contributed by atoms with Gasteiger partial charge in [0.15, 0.2) is 0 Å². The number of benzene rings is 1. The molecule has 1 unspecified atom stereocenters. The van der Waals surface area contributed by atoms with E-state index >= 15 is 0 Å². The molecule has 1 atom stereocenters. The Balaban J connectivity index is 1.90. The lowest BCUT2D eigenvalue weighted by molar-refractivity contribution is 0.414. The number of allylic oxidation sites excluding steroid dienone is 4. The fourth-order valence-electron chi connectivity index (χ4n) is 2.73. The van der Waals surface area contributed by atoms with Crippen molar-refractivity contribution >= 4 is 0 Å². The molecule has 1 nitrogen and oxygen atoms in total. The first kappa shape index (κ1) is 13.9. The summed E-state index contributed by atoms with van der Waals surface area (Å²) in [5.41, 5.74) is 3.09. The fraction of sp³-hybridized carbons (Fsp3) is 0.444. The van der Waals surface area contributed by atoms with E-state index in [2.05, 4.69) is 49.4 Å². The van der Waals surface area contributed by atoms with E-state index in [1.807, 2.05) is 0 Å². The van der Waals surface area contributed by atoms with Crippen LogP contribution in [-0.4, -0.2) is 7.11 Å². The third kappa shape index (κ3) is 3.99. The van der Waals surface area contributed by atoms with Gasteiger partial charge in [-0.05, 0) is 62.6 Å². The summed E-state index contributed by atoms with van der Waals surface area (Å²) in [6.07, 6.45) is 13.0. The molecule has 0 saturated carbocycles. The van der Waals surface area contributed by atoms with Gasteiger partial charge in [0, 0.05) is 0 Å². The summed E-state index contributed by atoms with van der Waals surface area (Å²) >= 11 is 0. The van der Waals surface area contributed by atoms with Crippen molar-refractivity contribution < 1.29 is 4.74 Å². The Bertz CT molecular complexity index is 439. The zero-order valence-electron chi connectivity index (χ0n) is 12.1. The molecule has 102 valence electrons. The fourth-order valence-corrected chi connectivity index (χ4v) is 2.73. The second kappa shape index (κ2) is 7.18. The summed E-state index contributed by atoms with van der Waals surface area (Å²) in [4.78, 5) is 0. The minimum atomic E-state index is 0.691. The quantitative estimate of drug-likeness (QED) is 0.654. The Hall–Kier alpha value is -1.50. The Kier molecular flexibility index (Phi) is 5.26. The van der Waals surface area contributed by atoms with E-state index in [0.29, 0.717) is 5.92 Å². The summed E-state index contributed by atoms with van der Waals surface area (Å²) in [5.74, 6) is 1.64. The smallest absolute Gasteiger partial charge is 0.118 e. The lowest BCUT2D eigenvalue weighted by Gasteiger charge is -2.22. The van der Waals surface area contributed by atoms with Crippen molar-refractivity contribution in [1.82, 2.24) is 0 Å². The van der Waals surface area contributed by atoms with Crippen LogP contribution in [0.5, 0.6) is 5.75 Å². The van der Waals surface area contributed by atoms with Crippen molar-refractivity contribution in [2.75, 3.05) is 7.11 Å². The van der Waals surface area contributed by atoms with Gasteiger partial charge >= 0.3 is 0 Å². The van der Waals surface area contributed by atoms with Crippen molar-refractivity contribution in [3.05, 3.63) is 53.6 Å². The standard InChI is InChI=1S/C18H24O/c1-3-4-5-6-15-7-9-16(10-8-15)17-11-13-18(19-2)14-12-17/h3-4,7,11-14,16H,5-6,8-10H2,1-2H3/b4-3+. The van der Waals surface area contributed by atoms with E-state index in [0.717, 1.165) is 5.75 Å². The number of ether oxygens (including phenoxy) is 1. The van der Waals surface area contributed by atoms with Gasteiger partial charge < -0.3 is 4.74 Å². The van der Waals surface area contributed by atoms with E-state index in [1.54, 1.807) is 12.7 Å². The van der Waals surface area contributed by atoms with Crippen LogP contribution in [0.4, 0.5) is 0 Å². The zero-order chi connectivity index (χ0) is 13.5. The monoisotopic (exact) mass is 256 g/mol. The third-order valence-electron chi connectivity index (χ3n) is 3.96.